The van der Waals surface area contributed by atoms with Crippen molar-refractivity contribution in [3.05, 3.63) is 25.3 Å². The molecular formula is C14H22N2O4. The first kappa shape index (κ1) is 16.4. The minimum Gasteiger partial charge on any atom is -0.378 e. The van der Waals surface area contributed by atoms with E-state index in [0.717, 1.165) is 0 Å². The van der Waals surface area contributed by atoms with Crippen molar-refractivity contribution in [2.45, 2.75) is 0 Å². The maximum Gasteiger partial charge on any atom is 0.246 e. The Balaban J connectivity index is 0.000000200. The highest BCUT2D eigenvalue weighted by Gasteiger charge is 2.13. The molecule has 2 fully saturated rings. The molecule has 0 bridgehead atoms. The second-order valence-electron chi connectivity index (χ2n) is 4.28. The lowest BCUT2D eigenvalue weighted by atomic mass is 10.4. The van der Waals surface area contributed by atoms with Crippen LogP contribution in [0.2, 0.25) is 0 Å². The number of nitrogens with zero attached hydrogens (tertiary/aromatic N) is 2. The predicted molar refractivity (Wildman–Crippen MR) is 75.2 cm³/mol. The molecule has 2 aliphatic heterocycles. The van der Waals surface area contributed by atoms with Crippen molar-refractivity contribution >= 4 is 11.8 Å². The Bertz CT molecular complexity index is 311. The summed E-state index contributed by atoms with van der Waals surface area (Å²) in [5.74, 6) is 0.00611. The molecule has 20 heavy (non-hydrogen) atoms. The van der Waals surface area contributed by atoms with E-state index in [1.807, 2.05) is 0 Å². The summed E-state index contributed by atoms with van der Waals surface area (Å²) in [6.07, 6.45) is 2.68. The summed E-state index contributed by atoms with van der Waals surface area (Å²) in [5, 5.41) is 0. The van der Waals surface area contributed by atoms with E-state index in [-0.39, 0.29) is 11.8 Å². The zero-order valence-corrected chi connectivity index (χ0v) is 11.8. The lowest BCUT2D eigenvalue weighted by Gasteiger charge is -2.25. The van der Waals surface area contributed by atoms with E-state index in [1.165, 1.54) is 12.2 Å². The maximum absolute atomic E-state index is 10.9. The summed E-state index contributed by atoms with van der Waals surface area (Å²) in [4.78, 5) is 25.3. The van der Waals surface area contributed by atoms with Crippen LogP contribution in [-0.4, -0.2) is 74.2 Å². The lowest BCUT2D eigenvalue weighted by molar-refractivity contribution is -0.130. The third-order valence-electron chi connectivity index (χ3n) is 2.99. The van der Waals surface area contributed by atoms with E-state index < -0.39 is 0 Å². The Labute approximate surface area is 119 Å². The fraction of sp³-hybridized carbons (Fsp3) is 0.571. The minimum absolute atomic E-state index is 0.00306. The summed E-state index contributed by atoms with van der Waals surface area (Å²) in [6.45, 7) is 12.2. The predicted octanol–water partition coefficient (Wildman–Crippen LogP) is 0.0624. The average Bonchev–Trinajstić information content (AvgIpc) is 2.55. The molecule has 0 aromatic carbocycles. The molecule has 0 spiro atoms. The van der Waals surface area contributed by atoms with Crippen LogP contribution in [0.5, 0.6) is 0 Å². The summed E-state index contributed by atoms with van der Waals surface area (Å²) in [5.41, 5.74) is 0. The van der Waals surface area contributed by atoms with Crippen LogP contribution in [0.4, 0.5) is 0 Å². The summed E-state index contributed by atoms with van der Waals surface area (Å²) in [6, 6.07) is 0. The van der Waals surface area contributed by atoms with Crippen molar-refractivity contribution in [3.63, 3.8) is 0 Å². The van der Waals surface area contributed by atoms with Gasteiger partial charge in [-0.25, -0.2) is 0 Å². The molecule has 2 heterocycles. The first-order valence-corrected chi connectivity index (χ1v) is 6.67. The SMILES string of the molecule is C=CC(=O)N1CCOCC1.C=CC(=O)N1CCOCC1. The third kappa shape index (κ3) is 5.54. The van der Waals surface area contributed by atoms with Gasteiger partial charge in [-0.05, 0) is 12.2 Å². The Morgan fingerprint density at radius 3 is 1.30 bits per heavy atom. The van der Waals surface area contributed by atoms with Crippen LogP contribution in [-0.2, 0) is 19.1 Å². The van der Waals surface area contributed by atoms with Crippen LogP contribution in [0.1, 0.15) is 0 Å². The van der Waals surface area contributed by atoms with E-state index in [4.69, 9.17) is 9.47 Å². The molecule has 6 nitrogen and oxygen atoms in total. The maximum atomic E-state index is 10.9. The first-order valence-electron chi connectivity index (χ1n) is 6.67. The number of amides is 2. The molecule has 2 rings (SSSR count). The molecule has 0 aromatic rings. The van der Waals surface area contributed by atoms with Gasteiger partial charge in [0.1, 0.15) is 0 Å². The number of hydrogen-bond acceptors (Lipinski definition) is 4. The fourth-order valence-electron chi connectivity index (χ4n) is 1.83. The number of morpholine rings is 2. The van der Waals surface area contributed by atoms with Crippen molar-refractivity contribution in [2.24, 2.45) is 0 Å². The number of hydrogen-bond donors (Lipinski definition) is 0. The van der Waals surface area contributed by atoms with Crippen molar-refractivity contribution in [2.75, 3.05) is 52.6 Å². The van der Waals surface area contributed by atoms with Gasteiger partial charge in [0.05, 0.1) is 26.4 Å². The van der Waals surface area contributed by atoms with Gasteiger partial charge in [-0.15, -0.1) is 0 Å². The molecule has 0 radical (unpaired) electrons. The van der Waals surface area contributed by atoms with E-state index in [1.54, 1.807) is 9.80 Å². The highest BCUT2D eigenvalue weighted by molar-refractivity contribution is 5.87. The lowest BCUT2D eigenvalue weighted by Crippen LogP contribution is -2.39. The molecule has 0 aromatic heterocycles. The molecule has 2 aliphatic rings. The van der Waals surface area contributed by atoms with Gasteiger partial charge in [0.2, 0.25) is 11.8 Å². The van der Waals surface area contributed by atoms with Crippen LogP contribution in [0.3, 0.4) is 0 Å². The van der Waals surface area contributed by atoms with Crippen LogP contribution >= 0.6 is 0 Å². The molecule has 0 saturated carbocycles. The van der Waals surface area contributed by atoms with Gasteiger partial charge >= 0.3 is 0 Å². The number of ether oxygens (including phenoxy) is 2. The molecule has 0 N–H and O–H groups in total. The molecule has 6 heteroatoms. The van der Waals surface area contributed by atoms with Gasteiger partial charge in [-0.3, -0.25) is 9.59 Å². The monoisotopic (exact) mass is 282 g/mol. The Morgan fingerprint density at radius 2 is 1.05 bits per heavy atom. The molecule has 0 atom stereocenters. The normalized spacial score (nSPS) is 18.6. The highest BCUT2D eigenvalue weighted by atomic mass is 16.5. The molecule has 2 amide bonds. The van der Waals surface area contributed by atoms with Crippen LogP contribution in [0.25, 0.3) is 0 Å². The number of carbonyl (C=O) groups excluding carboxylic acids is 2. The van der Waals surface area contributed by atoms with Gasteiger partial charge in [0.15, 0.2) is 0 Å². The van der Waals surface area contributed by atoms with Crippen LogP contribution < -0.4 is 0 Å². The molecule has 0 aliphatic carbocycles. The average molecular weight is 282 g/mol. The van der Waals surface area contributed by atoms with Gasteiger partial charge in [-0.2, -0.15) is 0 Å². The third-order valence-corrected chi connectivity index (χ3v) is 2.99. The number of carbonyl (C=O) groups is 2. The summed E-state index contributed by atoms with van der Waals surface area (Å²) >= 11 is 0. The molecule has 2 saturated heterocycles. The standard InChI is InChI=1S/2C7H11NO2/c2*1-2-7(9)8-3-5-10-6-4-8/h2*2H,1,3-6H2. The van der Waals surface area contributed by atoms with Crippen molar-refractivity contribution in [1.29, 1.82) is 0 Å². The first-order chi connectivity index (χ1) is 9.69. The fourth-order valence-corrected chi connectivity index (χ4v) is 1.83. The largest absolute Gasteiger partial charge is 0.378 e. The second kappa shape index (κ2) is 9.28. The van der Waals surface area contributed by atoms with Gasteiger partial charge < -0.3 is 19.3 Å². The molecule has 0 unspecified atom stereocenters. The van der Waals surface area contributed by atoms with E-state index >= 15 is 0 Å². The van der Waals surface area contributed by atoms with E-state index in [9.17, 15) is 9.59 Å². The van der Waals surface area contributed by atoms with Gasteiger partial charge in [-0.1, -0.05) is 13.2 Å². The van der Waals surface area contributed by atoms with Crippen molar-refractivity contribution in [3.8, 4) is 0 Å². The topological polar surface area (TPSA) is 59.1 Å². The minimum atomic E-state index is 0.00306. The number of rotatable bonds is 2. The summed E-state index contributed by atoms with van der Waals surface area (Å²) < 4.78 is 10.1. The zero-order chi connectivity index (χ0) is 14.8. The van der Waals surface area contributed by atoms with Gasteiger partial charge in [0, 0.05) is 26.2 Å². The van der Waals surface area contributed by atoms with Crippen molar-refractivity contribution in [1.82, 2.24) is 9.80 Å². The van der Waals surface area contributed by atoms with Gasteiger partial charge in [0.25, 0.3) is 0 Å². The second-order valence-corrected chi connectivity index (χ2v) is 4.28. The quantitative estimate of drug-likeness (QED) is 0.672. The Kier molecular flexibility index (Phi) is 7.60. The van der Waals surface area contributed by atoms with Crippen LogP contribution in [0, 0.1) is 0 Å². The highest BCUT2D eigenvalue weighted by Crippen LogP contribution is 1.97. The van der Waals surface area contributed by atoms with Crippen LogP contribution in [0.15, 0.2) is 25.3 Å². The zero-order valence-electron chi connectivity index (χ0n) is 11.8. The smallest absolute Gasteiger partial charge is 0.246 e. The van der Waals surface area contributed by atoms with E-state index in [2.05, 4.69) is 13.2 Å². The molecular weight excluding hydrogens is 260 g/mol. The Morgan fingerprint density at radius 1 is 0.750 bits per heavy atom. The summed E-state index contributed by atoms with van der Waals surface area (Å²) in [7, 11) is 0. The Hall–Kier alpha value is -1.66. The van der Waals surface area contributed by atoms with Crippen molar-refractivity contribution < 1.29 is 19.1 Å². The molecule has 112 valence electrons. The van der Waals surface area contributed by atoms with E-state index in [0.29, 0.717) is 52.6 Å².